The van der Waals surface area contributed by atoms with Crippen LogP contribution in [-0.2, 0) is 11.2 Å². The summed E-state index contributed by atoms with van der Waals surface area (Å²) in [5, 5.41) is 10.8. The molecule has 2 aromatic carbocycles. The van der Waals surface area contributed by atoms with Gasteiger partial charge in [-0.15, -0.1) is 21.5 Å². The first kappa shape index (κ1) is 20.0. The number of nitrogens with zero attached hydrogens (tertiary/aromatic N) is 3. The van der Waals surface area contributed by atoms with Gasteiger partial charge in [0.05, 0.1) is 10.2 Å². The van der Waals surface area contributed by atoms with Crippen LogP contribution < -0.4 is 11.1 Å². The highest BCUT2D eigenvalue weighted by molar-refractivity contribution is 7.20. The fourth-order valence-corrected chi connectivity index (χ4v) is 4.53. The van der Waals surface area contributed by atoms with Crippen LogP contribution in [0.25, 0.3) is 21.3 Å². The summed E-state index contributed by atoms with van der Waals surface area (Å²) >= 11 is 1.23. The average molecular weight is 447 g/mol. The lowest BCUT2D eigenvalue weighted by Crippen LogP contribution is -2.20. The number of aromatic nitrogens is 3. The number of primary amides is 1. The Labute approximate surface area is 185 Å². The molecule has 2 aromatic heterocycles. The first-order valence-corrected chi connectivity index (χ1v) is 10.8. The molecule has 5 rings (SSSR count). The van der Waals surface area contributed by atoms with Crippen LogP contribution in [0.4, 0.5) is 0 Å². The van der Waals surface area contributed by atoms with E-state index in [0.29, 0.717) is 30.5 Å². The van der Waals surface area contributed by atoms with Gasteiger partial charge in [0.25, 0.3) is 11.7 Å². The zero-order valence-electron chi connectivity index (χ0n) is 16.7. The predicted octanol–water partition coefficient (Wildman–Crippen LogP) is 2.35. The number of carbonyl (C=O) groups is 3. The molecule has 9 nitrogen and oxygen atoms in total. The van der Waals surface area contributed by atoms with Gasteiger partial charge in [0.15, 0.2) is 5.01 Å². The monoisotopic (exact) mass is 447 g/mol. The summed E-state index contributed by atoms with van der Waals surface area (Å²) in [7, 11) is 0. The molecule has 1 atom stereocenters. The lowest BCUT2D eigenvalue weighted by atomic mass is 10.0. The summed E-state index contributed by atoms with van der Waals surface area (Å²) in [4.78, 5) is 40.2. The number of carbonyl (C=O) groups excluding carboxylic acids is 3. The lowest BCUT2D eigenvalue weighted by Gasteiger charge is -2.02. The fraction of sp³-hybridized carbons (Fsp3) is 0.182. The molecule has 32 heavy (non-hydrogen) atoms. The number of hydrogen-bond acceptors (Lipinski definition) is 8. The first-order chi connectivity index (χ1) is 15.5. The Morgan fingerprint density at radius 2 is 1.91 bits per heavy atom. The number of nitrogens with one attached hydrogen (secondary N) is 1. The van der Waals surface area contributed by atoms with Crippen LogP contribution in [0, 0.1) is 5.92 Å². The van der Waals surface area contributed by atoms with Crippen molar-refractivity contribution in [2.75, 3.05) is 6.54 Å². The summed E-state index contributed by atoms with van der Waals surface area (Å²) in [6.45, 7) is 0.631. The lowest BCUT2D eigenvalue weighted by molar-refractivity contribution is -0.122. The summed E-state index contributed by atoms with van der Waals surface area (Å²) < 4.78 is 6.33. The number of benzene rings is 2. The van der Waals surface area contributed by atoms with Gasteiger partial charge in [0.1, 0.15) is 0 Å². The van der Waals surface area contributed by atoms with E-state index in [-0.39, 0.29) is 28.6 Å². The van der Waals surface area contributed by atoms with Crippen molar-refractivity contribution in [3.8, 4) is 11.1 Å². The van der Waals surface area contributed by atoms with Crippen LogP contribution in [0.5, 0.6) is 0 Å². The molecule has 1 unspecified atom stereocenters. The molecule has 1 saturated heterocycles. The highest BCUT2D eigenvalue weighted by Gasteiger charge is 2.28. The minimum absolute atomic E-state index is 0.0395. The summed E-state index contributed by atoms with van der Waals surface area (Å²) in [5.41, 5.74) is 8.24. The minimum atomic E-state index is -0.478. The zero-order valence-corrected chi connectivity index (χ0v) is 17.5. The molecule has 0 saturated carbocycles. The Hall–Kier alpha value is -3.92. The van der Waals surface area contributed by atoms with Crippen molar-refractivity contribution in [3.05, 3.63) is 64.8 Å². The van der Waals surface area contributed by atoms with Gasteiger partial charge in [0, 0.05) is 24.4 Å². The maximum atomic E-state index is 12.8. The second kappa shape index (κ2) is 7.97. The van der Waals surface area contributed by atoms with E-state index >= 15 is 0 Å². The summed E-state index contributed by atoms with van der Waals surface area (Å²) in [6.07, 6.45) is 1.01. The molecular weight excluding hydrogens is 430 g/mol. The Kier molecular flexibility index (Phi) is 4.98. The van der Waals surface area contributed by atoms with E-state index in [0.717, 1.165) is 15.8 Å². The Morgan fingerprint density at radius 1 is 1.12 bits per heavy atom. The normalized spacial score (nSPS) is 15.8. The summed E-state index contributed by atoms with van der Waals surface area (Å²) in [6, 6.07) is 12.6. The van der Waals surface area contributed by atoms with Crippen LogP contribution in [-0.4, -0.2) is 39.3 Å². The molecule has 0 spiro atoms. The molecule has 3 heterocycles. The van der Waals surface area contributed by atoms with Crippen molar-refractivity contribution >= 4 is 39.2 Å². The molecule has 0 aliphatic carbocycles. The Balaban J connectivity index is 1.37. The number of fused-ring (bicyclic) bond motifs is 1. The van der Waals surface area contributed by atoms with Crippen molar-refractivity contribution in [2.45, 2.75) is 12.8 Å². The highest BCUT2D eigenvalue weighted by atomic mass is 32.1. The molecule has 2 amide bonds. The molecular formula is C22H17N5O4S. The Bertz CT molecular complexity index is 1360. The number of rotatable bonds is 6. The standard InChI is InChI=1S/C22H17N5O4S/c23-19(29)12-3-1-11(2-4-12)13-5-6-15-16(9-13)32-22(25-15)18(28)21-27-26-17(31-21)10-14-7-8-24-20(14)30/h1-6,9,14H,7-8,10H2,(H2,23,29)(H,24,30). The first-order valence-electron chi connectivity index (χ1n) is 9.93. The van der Waals surface area contributed by atoms with Crippen molar-refractivity contribution in [1.29, 1.82) is 0 Å². The predicted molar refractivity (Wildman–Crippen MR) is 116 cm³/mol. The van der Waals surface area contributed by atoms with Gasteiger partial charge in [-0.2, -0.15) is 0 Å². The van der Waals surface area contributed by atoms with E-state index in [1.807, 2.05) is 30.3 Å². The average Bonchev–Trinajstić information content (AvgIpc) is 3.53. The second-order valence-electron chi connectivity index (χ2n) is 7.45. The van der Waals surface area contributed by atoms with Crippen molar-refractivity contribution in [1.82, 2.24) is 20.5 Å². The SMILES string of the molecule is NC(=O)c1ccc(-c2ccc3nc(C(=O)c4nnc(CC5CCNC5=O)o4)sc3c2)cc1. The maximum absolute atomic E-state index is 12.8. The van der Waals surface area contributed by atoms with E-state index in [1.165, 1.54) is 11.3 Å². The van der Waals surface area contributed by atoms with Gasteiger partial charge in [-0.05, 0) is 41.8 Å². The second-order valence-corrected chi connectivity index (χ2v) is 8.48. The van der Waals surface area contributed by atoms with E-state index < -0.39 is 11.7 Å². The number of thiazole rings is 1. The van der Waals surface area contributed by atoms with Crippen molar-refractivity contribution < 1.29 is 18.8 Å². The fourth-order valence-electron chi connectivity index (χ4n) is 3.60. The smallest absolute Gasteiger partial charge is 0.291 e. The van der Waals surface area contributed by atoms with Gasteiger partial charge in [-0.25, -0.2) is 4.98 Å². The number of nitrogens with two attached hydrogens (primary N) is 1. The molecule has 0 radical (unpaired) electrons. The van der Waals surface area contributed by atoms with Crippen LogP contribution in [0.3, 0.4) is 0 Å². The molecule has 0 bridgehead atoms. The van der Waals surface area contributed by atoms with E-state index in [4.69, 9.17) is 10.2 Å². The van der Waals surface area contributed by atoms with E-state index in [2.05, 4.69) is 20.5 Å². The quantitative estimate of drug-likeness (QED) is 0.432. The third-order valence-electron chi connectivity index (χ3n) is 5.33. The van der Waals surface area contributed by atoms with Crippen LogP contribution >= 0.6 is 11.3 Å². The van der Waals surface area contributed by atoms with Gasteiger partial charge in [-0.3, -0.25) is 14.4 Å². The molecule has 3 N–H and O–H groups in total. The van der Waals surface area contributed by atoms with Crippen LogP contribution in [0.1, 0.15) is 38.4 Å². The Morgan fingerprint density at radius 3 is 2.62 bits per heavy atom. The largest absolute Gasteiger partial charge is 0.418 e. The van der Waals surface area contributed by atoms with Crippen LogP contribution in [0.2, 0.25) is 0 Å². The third kappa shape index (κ3) is 3.76. The van der Waals surface area contributed by atoms with Crippen LogP contribution in [0.15, 0.2) is 46.9 Å². The molecule has 1 fully saturated rings. The van der Waals surface area contributed by atoms with Gasteiger partial charge in [0.2, 0.25) is 17.7 Å². The topological polar surface area (TPSA) is 141 Å². The van der Waals surface area contributed by atoms with E-state index in [1.54, 1.807) is 12.1 Å². The number of hydrogen-bond donors (Lipinski definition) is 2. The van der Waals surface area contributed by atoms with Gasteiger partial charge < -0.3 is 15.5 Å². The molecule has 1 aliphatic rings. The molecule has 10 heteroatoms. The van der Waals surface area contributed by atoms with E-state index in [9.17, 15) is 14.4 Å². The van der Waals surface area contributed by atoms with Gasteiger partial charge in [-0.1, -0.05) is 18.2 Å². The van der Waals surface area contributed by atoms with Crippen molar-refractivity contribution in [2.24, 2.45) is 11.7 Å². The number of amides is 2. The third-order valence-corrected chi connectivity index (χ3v) is 6.35. The molecule has 1 aliphatic heterocycles. The van der Waals surface area contributed by atoms with Gasteiger partial charge >= 0.3 is 0 Å². The summed E-state index contributed by atoms with van der Waals surface area (Å²) in [5.74, 6) is -1.06. The zero-order chi connectivity index (χ0) is 22.2. The molecule has 4 aromatic rings. The maximum Gasteiger partial charge on any atom is 0.291 e. The van der Waals surface area contributed by atoms with Crippen molar-refractivity contribution in [3.63, 3.8) is 0 Å². The molecule has 160 valence electrons. The highest BCUT2D eigenvalue weighted by Crippen LogP contribution is 2.29. The number of ketones is 1. The minimum Gasteiger partial charge on any atom is -0.418 e.